The molecular formula is C11H13BrN4. The number of hydrogen-bond acceptors (Lipinski definition) is 3. The van der Waals surface area contributed by atoms with Crippen LogP contribution in [0.5, 0.6) is 0 Å². The van der Waals surface area contributed by atoms with Crippen LogP contribution in [0.3, 0.4) is 0 Å². The average Bonchev–Trinajstić information content (AvgIpc) is 2.63. The monoisotopic (exact) mass is 280 g/mol. The van der Waals surface area contributed by atoms with Crippen LogP contribution in [-0.4, -0.2) is 15.0 Å². The van der Waals surface area contributed by atoms with E-state index >= 15 is 0 Å². The SMILES string of the molecule is Cc1ncc(CNc2ccc(Br)nc2C)[nH]1. The van der Waals surface area contributed by atoms with Gasteiger partial charge in [0.25, 0.3) is 0 Å². The molecule has 84 valence electrons. The van der Waals surface area contributed by atoms with Crippen LogP contribution in [0.2, 0.25) is 0 Å². The molecule has 0 saturated carbocycles. The number of halogens is 1. The summed E-state index contributed by atoms with van der Waals surface area (Å²) in [7, 11) is 0. The number of rotatable bonds is 3. The molecule has 0 amide bonds. The lowest BCUT2D eigenvalue weighted by Crippen LogP contribution is -2.02. The Morgan fingerprint density at radius 1 is 1.38 bits per heavy atom. The molecule has 0 aliphatic carbocycles. The topological polar surface area (TPSA) is 53.6 Å². The van der Waals surface area contributed by atoms with Crippen LogP contribution in [0.25, 0.3) is 0 Å². The molecule has 0 aliphatic heterocycles. The Morgan fingerprint density at radius 2 is 2.19 bits per heavy atom. The van der Waals surface area contributed by atoms with Gasteiger partial charge in [-0.05, 0) is 41.9 Å². The van der Waals surface area contributed by atoms with Crippen molar-refractivity contribution in [1.29, 1.82) is 0 Å². The zero-order chi connectivity index (χ0) is 11.5. The largest absolute Gasteiger partial charge is 0.378 e. The molecular weight excluding hydrogens is 268 g/mol. The van der Waals surface area contributed by atoms with Gasteiger partial charge in [0.15, 0.2) is 0 Å². The molecule has 0 radical (unpaired) electrons. The molecule has 2 heterocycles. The highest BCUT2D eigenvalue weighted by Gasteiger charge is 2.01. The van der Waals surface area contributed by atoms with E-state index in [2.05, 4.69) is 36.2 Å². The predicted molar refractivity (Wildman–Crippen MR) is 67.3 cm³/mol. The summed E-state index contributed by atoms with van der Waals surface area (Å²) >= 11 is 3.34. The molecule has 16 heavy (non-hydrogen) atoms. The minimum Gasteiger partial charge on any atom is -0.378 e. The van der Waals surface area contributed by atoms with E-state index in [9.17, 15) is 0 Å². The normalized spacial score (nSPS) is 10.4. The molecule has 5 heteroatoms. The van der Waals surface area contributed by atoms with Crippen molar-refractivity contribution in [2.45, 2.75) is 20.4 Å². The Balaban J connectivity index is 2.04. The van der Waals surface area contributed by atoms with Gasteiger partial charge in [-0.15, -0.1) is 0 Å². The minimum absolute atomic E-state index is 0.727. The number of pyridine rings is 1. The van der Waals surface area contributed by atoms with Crippen molar-refractivity contribution in [2.75, 3.05) is 5.32 Å². The maximum absolute atomic E-state index is 4.32. The van der Waals surface area contributed by atoms with Crippen molar-refractivity contribution in [3.63, 3.8) is 0 Å². The lowest BCUT2D eigenvalue weighted by molar-refractivity contribution is 1.03. The summed E-state index contributed by atoms with van der Waals surface area (Å²) in [5, 5.41) is 3.32. The van der Waals surface area contributed by atoms with Gasteiger partial charge >= 0.3 is 0 Å². The van der Waals surface area contributed by atoms with Gasteiger partial charge < -0.3 is 10.3 Å². The Bertz CT molecular complexity index is 492. The average molecular weight is 281 g/mol. The van der Waals surface area contributed by atoms with Crippen LogP contribution in [0.15, 0.2) is 22.9 Å². The summed E-state index contributed by atoms with van der Waals surface area (Å²) in [5.41, 5.74) is 3.08. The van der Waals surface area contributed by atoms with Crippen molar-refractivity contribution in [3.05, 3.63) is 40.1 Å². The molecule has 0 spiro atoms. The van der Waals surface area contributed by atoms with Crippen LogP contribution in [0, 0.1) is 13.8 Å². The van der Waals surface area contributed by atoms with Crippen molar-refractivity contribution < 1.29 is 0 Å². The van der Waals surface area contributed by atoms with Crippen molar-refractivity contribution in [2.24, 2.45) is 0 Å². The van der Waals surface area contributed by atoms with Crippen LogP contribution in [0.4, 0.5) is 5.69 Å². The molecule has 2 N–H and O–H groups in total. The van der Waals surface area contributed by atoms with E-state index in [0.717, 1.165) is 34.0 Å². The molecule has 0 aliphatic rings. The van der Waals surface area contributed by atoms with E-state index in [-0.39, 0.29) is 0 Å². The van der Waals surface area contributed by atoms with Crippen LogP contribution in [0.1, 0.15) is 17.2 Å². The fraction of sp³-hybridized carbons (Fsp3) is 0.273. The molecule has 2 rings (SSSR count). The second kappa shape index (κ2) is 4.65. The van der Waals surface area contributed by atoms with E-state index in [0.29, 0.717) is 0 Å². The molecule has 0 fully saturated rings. The van der Waals surface area contributed by atoms with Gasteiger partial charge in [0.1, 0.15) is 10.4 Å². The summed E-state index contributed by atoms with van der Waals surface area (Å²) in [5.74, 6) is 0.933. The lowest BCUT2D eigenvalue weighted by atomic mass is 10.3. The Morgan fingerprint density at radius 3 is 2.81 bits per heavy atom. The first kappa shape index (κ1) is 11.1. The van der Waals surface area contributed by atoms with E-state index < -0.39 is 0 Å². The van der Waals surface area contributed by atoms with Crippen LogP contribution < -0.4 is 5.32 Å². The number of anilines is 1. The third kappa shape index (κ3) is 2.61. The number of aryl methyl sites for hydroxylation is 2. The molecule has 0 bridgehead atoms. The zero-order valence-electron chi connectivity index (χ0n) is 9.21. The first-order valence-electron chi connectivity index (χ1n) is 5.02. The van der Waals surface area contributed by atoms with Gasteiger partial charge in [-0.3, -0.25) is 0 Å². The van der Waals surface area contributed by atoms with Crippen molar-refractivity contribution in [1.82, 2.24) is 15.0 Å². The highest BCUT2D eigenvalue weighted by Crippen LogP contribution is 2.16. The quantitative estimate of drug-likeness (QED) is 0.851. The maximum atomic E-state index is 4.32. The molecule has 2 aromatic rings. The third-order valence-electron chi connectivity index (χ3n) is 2.28. The number of aromatic amines is 1. The zero-order valence-corrected chi connectivity index (χ0v) is 10.8. The number of imidazole rings is 1. The third-order valence-corrected chi connectivity index (χ3v) is 2.72. The van der Waals surface area contributed by atoms with Gasteiger partial charge in [0, 0.05) is 0 Å². The molecule has 2 aromatic heterocycles. The first-order chi connectivity index (χ1) is 7.65. The standard InChI is InChI=1S/C11H13BrN4/c1-7-10(3-4-11(12)15-7)14-6-9-5-13-8(2)16-9/h3-5,14H,6H2,1-2H3,(H,13,16). The molecule has 0 aromatic carbocycles. The fourth-order valence-corrected chi connectivity index (χ4v) is 1.87. The molecule has 0 unspecified atom stereocenters. The van der Waals surface area contributed by atoms with E-state index in [1.54, 1.807) is 0 Å². The van der Waals surface area contributed by atoms with Gasteiger partial charge in [-0.2, -0.15) is 0 Å². The summed E-state index contributed by atoms with van der Waals surface area (Å²) < 4.78 is 0.855. The van der Waals surface area contributed by atoms with E-state index in [1.807, 2.05) is 32.2 Å². The summed E-state index contributed by atoms with van der Waals surface area (Å²) in [4.78, 5) is 11.6. The van der Waals surface area contributed by atoms with Gasteiger partial charge in [0.05, 0.1) is 29.8 Å². The van der Waals surface area contributed by atoms with E-state index in [1.165, 1.54) is 0 Å². The Labute approximate surface area is 103 Å². The predicted octanol–water partition coefficient (Wildman–Crippen LogP) is 2.80. The van der Waals surface area contributed by atoms with Crippen molar-refractivity contribution >= 4 is 21.6 Å². The number of nitrogens with zero attached hydrogens (tertiary/aromatic N) is 2. The maximum Gasteiger partial charge on any atom is 0.106 e. The molecule has 0 saturated heterocycles. The smallest absolute Gasteiger partial charge is 0.106 e. The highest BCUT2D eigenvalue weighted by atomic mass is 79.9. The summed E-state index contributed by atoms with van der Waals surface area (Å²) in [6.45, 7) is 4.65. The number of hydrogen-bond donors (Lipinski definition) is 2. The van der Waals surface area contributed by atoms with E-state index in [4.69, 9.17) is 0 Å². The van der Waals surface area contributed by atoms with Gasteiger partial charge in [-0.1, -0.05) is 0 Å². The minimum atomic E-state index is 0.727. The van der Waals surface area contributed by atoms with Crippen LogP contribution in [-0.2, 0) is 6.54 Å². The lowest BCUT2D eigenvalue weighted by Gasteiger charge is -2.07. The summed E-state index contributed by atoms with van der Waals surface area (Å²) in [6.07, 6.45) is 1.84. The molecule has 4 nitrogen and oxygen atoms in total. The highest BCUT2D eigenvalue weighted by molar-refractivity contribution is 9.10. The molecule has 0 atom stereocenters. The Kier molecular flexibility index (Phi) is 3.24. The van der Waals surface area contributed by atoms with Gasteiger partial charge in [-0.25, -0.2) is 9.97 Å². The van der Waals surface area contributed by atoms with Crippen LogP contribution >= 0.6 is 15.9 Å². The first-order valence-corrected chi connectivity index (χ1v) is 5.82. The number of nitrogens with one attached hydrogen (secondary N) is 2. The number of aromatic nitrogens is 3. The summed E-state index contributed by atoms with van der Waals surface area (Å²) in [6, 6.07) is 3.93. The van der Waals surface area contributed by atoms with Gasteiger partial charge in [0.2, 0.25) is 0 Å². The Hall–Kier alpha value is -1.36. The second-order valence-electron chi connectivity index (χ2n) is 3.61. The second-order valence-corrected chi connectivity index (χ2v) is 4.43. The van der Waals surface area contributed by atoms with Crippen molar-refractivity contribution in [3.8, 4) is 0 Å². The number of H-pyrrole nitrogens is 1. The fourth-order valence-electron chi connectivity index (χ4n) is 1.47.